The highest BCUT2D eigenvalue weighted by Crippen LogP contribution is 2.10. The summed E-state index contributed by atoms with van der Waals surface area (Å²) in [5.41, 5.74) is 1.21. The summed E-state index contributed by atoms with van der Waals surface area (Å²) < 4.78 is 5.43. The predicted molar refractivity (Wildman–Crippen MR) is 104 cm³/mol. The maximum atomic E-state index is 12.6. The van der Waals surface area contributed by atoms with Gasteiger partial charge in [-0.05, 0) is 18.4 Å². The van der Waals surface area contributed by atoms with E-state index >= 15 is 0 Å². The van der Waals surface area contributed by atoms with Crippen molar-refractivity contribution in [3.05, 3.63) is 35.9 Å². The number of rotatable bonds is 6. The maximum Gasteiger partial charge on any atom is 0.315 e. The summed E-state index contributed by atoms with van der Waals surface area (Å²) in [5, 5.41) is 6.19. The van der Waals surface area contributed by atoms with Gasteiger partial charge in [0.25, 0.3) is 0 Å². The lowest BCUT2D eigenvalue weighted by molar-refractivity contribution is -0.132. The summed E-state index contributed by atoms with van der Waals surface area (Å²) in [6.45, 7) is 4.64. The summed E-state index contributed by atoms with van der Waals surface area (Å²) >= 11 is 0. The average molecular weight is 374 g/mol. The SMILES string of the molecule is CN1CC(NC(=O)NC(Cc2ccccc2)CN2CCOCC2)CCC1=O. The zero-order chi connectivity index (χ0) is 19.1. The van der Waals surface area contributed by atoms with Crippen LogP contribution in [0.3, 0.4) is 0 Å². The number of carbonyl (C=O) groups is 2. The smallest absolute Gasteiger partial charge is 0.315 e. The molecular formula is C20H30N4O3. The predicted octanol–water partition coefficient (Wildman–Crippen LogP) is 0.850. The average Bonchev–Trinajstić information content (AvgIpc) is 2.66. The Bertz CT molecular complexity index is 619. The number of likely N-dealkylation sites (tertiary alicyclic amines) is 1. The van der Waals surface area contributed by atoms with Crippen LogP contribution in [0.15, 0.2) is 30.3 Å². The third kappa shape index (κ3) is 6.22. The second-order valence-corrected chi connectivity index (χ2v) is 7.43. The van der Waals surface area contributed by atoms with Gasteiger partial charge in [0.05, 0.1) is 13.2 Å². The quantitative estimate of drug-likeness (QED) is 0.774. The van der Waals surface area contributed by atoms with E-state index in [1.165, 1.54) is 5.56 Å². The van der Waals surface area contributed by atoms with Crippen molar-refractivity contribution in [2.24, 2.45) is 0 Å². The fourth-order valence-electron chi connectivity index (χ4n) is 3.70. The normalized spacial score (nSPS) is 22.3. The van der Waals surface area contributed by atoms with E-state index in [4.69, 9.17) is 4.74 Å². The molecule has 27 heavy (non-hydrogen) atoms. The van der Waals surface area contributed by atoms with Crippen LogP contribution in [-0.2, 0) is 16.0 Å². The maximum absolute atomic E-state index is 12.6. The van der Waals surface area contributed by atoms with Crippen LogP contribution in [0.5, 0.6) is 0 Å². The molecule has 2 N–H and O–H groups in total. The molecule has 2 fully saturated rings. The molecule has 2 aliphatic heterocycles. The lowest BCUT2D eigenvalue weighted by Crippen LogP contribution is -2.55. The van der Waals surface area contributed by atoms with Gasteiger partial charge in [-0.1, -0.05) is 30.3 Å². The molecule has 0 aromatic heterocycles. The molecule has 3 amide bonds. The van der Waals surface area contributed by atoms with E-state index in [1.54, 1.807) is 11.9 Å². The van der Waals surface area contributed by atoms with E-state index in [0.29, 0.717) is 19.4 Å². The van der Waals surface area contributed by atoms with E-state index in [1.807, 2.05) is 18.2 Å². The molecule has 0 bridgehead atoms. The Hall–Kier alpha value is -2.12. The van der Waals surface area contributed by atoms with E-state index in [9.17, 15) is 9.59 Å². The second kappa shape index (κ2) is 9.71. The highest BCUT2D eigenvalue weighted by Gasteiger charge is 2.25. The first kappa shape index (κ1) is 19.6. The van der Waals surface area contributed by atoms with Crippen LogP contribution in [0.2, 0.25) is 0 Å². The Morgan fingerprint density at radius 1 is 1.26 bits per heavy atom. The molecule has 2 aliphatic rings. The molecule has 7 heteroatoms. The summed E-state index contributed by atoms with van der Waals surface area (Å²) in [7, 11) is 1.78. The summed E-state index contributed by atoms with van der Waals surface area (Å²) in [4.78, 5) is 28.2. The first-order chi connectivity index (χ1) is 13.1. The second-order valence-electron chi connectivity index (χ2n) is 7.43. The minimum absolute atomic E-state index is 0.00784. The van der Waals surface area contributed by atoms with Crippen LogP contribution in [0.25, 0.3) is 0 Å². The van der Waals surface area contributed by atoms with Gasteiger partial charge in [0, 0.05) is 51.7 Å². The number of morpholine rings is 1. The van der Waals surface area contributed by atoms with Crippen LogP contribution in [-0.4, -0.2) is 80.3 Å². The van der Waals surface area contributed by atoms with Crippen LogP contribution in [0.1, 0.15) is 18.4 Å². The van der Waals surface area contributed by atoms with Crippen LogP contribution in [0.4, 0.5) is 4.79 Å². The number of likely N-dealkylation sites (N-methyl/N-ethyl adjacent to an activating group) is 1. The highest BCUT2D eigenvalue weighted by atomic mass is 16.5. The first-order valence-corrected chi connectivity index (χ1v) is 9.75. The molecule has 1 aromatic rings. The number of hydrogen-bond acceptors (Lipinski definition) is 4. The fourth-order valence-corrected chi connectivity index (χ4v) is 3.70. The number of benzene rings is 1. The number of amides is 3. The minimum atomic E-state index is -0.156. The van der Waals surface area contributed by atoms with Crippen molar-refractivity contribution in [3.63, 3.8) is 0 Å². The van der Waals surface area contributed by atoms with E-state index < -0.39 is 0 Å². The summed E-state index contributed by atoms with van der Waals surface area (Å²) in [5.74, 6) is 0.141. The van der Waals surface area contributed by atoms with Crippen LogP contribution < -0.4 is 10.6 Å². The van der Waals surface area contributed by atoms with Gasteiger partial charge in [-0.25, -0.2) is 4.79 Å². The van der Waals surface area contributed by atoms with Crippen molar-refractivity contribution in [1.29, 1.82) is 0 Å². The van der Waals surface area contributed by atoms with Crippen molar-refractivity contribution >= 4 is 11.9 Å². The minimum Gasteiger partial charge on any atom is -0.379 e. The molecule has 0 saturated carbocycles. The molecular weight excluding hydrogens is 344 g/mol. The molecule has 2 atom stereocenters. The lowest BCUT2D eigenvalue weighted by atomic mass is 10.0. The summed E-state index contributed by atoms with van der Waals surface area (Å²) in [6, 6.07) is 10.1. The van der Waals surface area contributed by atoms with Crippen molar-refractivity contribution in [2.45, 2.75) is 31.3 Å². The fraction of sp³-hybridized carbons (Fsp3) is 0.600. The Morgan fingerprint density at radius 2 is 2.00 bits per heavy atom. The molecule has 7 nitrogen and oxygen atoms in total. The van der Waals surface area contributed by atoms with Crippen LogP contribution in [0, 0.1) is 0 Å². The van der Waals surface area contributed by atoms with Gasteiger partial charge in [-0.15, -0.1) is 0 Å². The Morgan fingerprint density at radius 3 is 2.70 bits per heavy atom. The Kier molecular flexibility index (Phi) is 7.06. The zero-order valence-corrected chi connectivity index (χ0v) is 16.0. The number of nitrogens with one attached hydrogen (secondary N) is 2. The highest BCUT2D eigenvalue weighted by molar-refractivity contribution is 5.78. The molecule has 0 radical (unpaired) electrons. The van der Waals surface area contributed by atoms with Gasteiger partial charge in [0.1, 0.15) is 0 Å². The molecule has 3 rings (SSSR count). The lowest BCUT2D eigenvalue weighted by Gasteiger charge is -2.33. The topological polar surface area (TPSA) is 73.9 Å². The molecule has 148 valence electrons. The Balaban J connectivity index is 1.55. The Labute approximate surface area is 161 Å². The number of urea groups is 1. The zero-order valence-electron chi connectivity index (χ0n) is 16.0. The van der Waals surface area contributed by atoms with Gasteiger partial charge >= 0.3 is 6.03 Å². The van der Waals surface area contributed by atoms with Gasteiger partial charge < -0.3 is 20.3 Å². The number of ether oxygens (including phenoxy) is 1. The number of piperidine rings is 1. The van der Waals surface area contributed by atoms with E-state index in [2.05, 4.69) is 27.7 Å². The van der Waals surface area contributed by atoms with Gasteiger partial charge in [0.15, 0.2) is 0 Å². The largest absolute Gasteiger partial charge is 0.379 e. The van der Waals surface area contributed by atoms with Crippen LogP contribution >= 0.6 is 0 Å². The molecule has 2 saturated heterocycles. The summed E-state index contributed by atoms with van der Waals surface area (Å²) in [6.07, 6.45) is 1.97. The van der Waals surface area contributed by atoms with Crippen molar-refractivity contribution < 1.29 is 14.3 Å². The number of nitrogens with zero attached hydrogens (tertiary/aromatic N) is 2. The first-order valence-electron chi connectivity index (χ1n) is 9.75. The standard InChI is InChI=1S/C20H30N4O3/c1-23-14-17(7-8-19(23)25)21-20(26)22-18(13-16-5-3-2-4-6-16)15-24-9-11-27-12-10-24/h2-6,17-18H,7-15H2,1H3,(H2,21,22,26). The van der Waals surface area contributed by atoms with Gasteiger partial charge in [-0.3, -0.25) is 9.69 Å². The third-order valence-corrected chi connectivity index (χ3v) is 5.20. The number of carbonyl (C=O) groups excluding carboxylic acids is 2. The van der Waals surface area contributed by atoms with Crippen molar-refractivity contribution in [3.8, 4) is 0 Å². The van der Waals surface area contributed by atoms with E-state index in [0.717, 1.165) is 39.3 Å². The number of hydrogen-bond donors (Lipinski definition) is 2. The third-order valence-electron chi connectivity index (χ3n) is 5.20. The monoisotopic (exact) mass is 374 g/mol. The molecule has 1 aromatic carbocycles. The molecule has 2 unspecified atom stereocenters. The van der Waals surface area contributed by atoms with E-state index in [-0.39, 0.29) is 24.0 Å². The molecule has 2 heterocycles. The van der Waals surface area contributed by atoms with Gasteiger partial charge in [-0.2, -0.15) is 0 Å². The molecule has 0 aliphatic carbocycles. The van der Waals surface area contributed by atoms with Crippen molar-refractivity contribution in [1.82, 2.24) is 20.4 Å². The van der Waals surface area contributed by atoms with Crippen molar-refractivity contribution in [2.75, 3.05) is 46.4 Å². The molecule has 0 spiro atoms. The van der Waals surface area contributed by atoms with Gasteiger partial charge in [0.2, 0.25) is 5.91 Å².